The van der Waals surface area contributed by atoms with Crippen LogP contribution in [0.3, 0.4) is 0 Å². The van der Waals surface area contributed by atoms with E-state index in [1.807, 2.05) is 43.3 Å². The average molecular weight is 582 g/mol. The predicted molar refractivity (Wildman–Crippen MR) is 158 cm³/mol. The summed E-state index contributed by atoms with van der Waals surface area (Å²) < 4.78 is 27.0. The molecule has 2 aromatic heterocycles. The molecule has 6 nitrogen and oxygen atoms in total. The Labute approximate surface area is 244 Å². The Morgan fingerprint density at radius 1 is 1.00 bits per heavy atom. The van der Waals surface area contributed by atoms with Crippen molar-refractivity contribution < 1.29 is 18.8 Å². The number of amides is 1. The lowest BCUT2D eigenvalue weighted by molar-refractivity contribution is -0.136. The molecule has 1 atom stereocenters. The molecule has 9 heteroatoms. The van der Waals surface area contributed by atoms with E-state index in [-0.39, 0.29) is 17.8 Å². The van der Waals surface area contributed by atoms with Gasteiger partial charge in [0.1, 0.15) is 0 Å². The lowest BCUT2D eigenvalue weighted by Crippen LogP contribution is -2.25. The summed E-state index contributed by atoms with van der Waals surface area (Å²) in [6.45, 7) is -0.562. The summed E-state index contributed by atoms with van der Waals surface area (Å²) in [5.41, 5.74) is 3.55. The quantitative estimate of drug-likeness (QED) is 0.195. The van der Waals surface area contributed by atoms with Crippen LogP contribution in [0.2, 0.25) is 10.0 Å². The summed E-state index contributed by atoms with van der Waals surface area (Å²) in [6.07, 6.45) is -0.222. The predicted octanol–water partition coefficient (Wildman–Crippen LogP) is 7.86. The second kappa shape index (κ2) is 11.2. The fraction of sp³-hybridized carbons (Fsp3) is 0.167. The highest BCUT2D eigenvalue weighted by Crippen LogP contribution is 2.36. The number of hydrogen-bond acceptors (Lipinski definition) is 4. The Morgan fingerprint density at radius 3 is 2.49 bits per heavy atom. The molecular weight excluding hydrogens is 553 g/mol. The average Bonchev–Trinajstić information content (AvgIpc) is 3.55. The third kappa shape index (κ3) is 6.01. The number of fused-ring (bicyclic) bond motifs is 1. The molecule has 5 rings (SSSR count). The van der Waals surface area contributed by atoms with E-state index in [1.165, 1.54) is 10.7 Å². The summed E-state index contributed by atoms with van der Waals surface area (Å²) in [7, 11) is 0. The van der Waals surface area contributed by atoms with Crippen LogP contribution in [0.25, 0.3) is 33.3 Å². The fourth-order valence-electron chi connectivity index (χ4n) is 4.29. The van der Waals surface area contributed by atoms with Gasteiger partial charge in [-0.25, -0.2) is 0 Å². The number of thiophene rings is 1. The maximum Gasteiger partial charge on any atom is 0.305 e. The van der Waals surface area contributed by atoms with Gasteiger partial charge in [-0.05, 0) is 67.0 Å². The molecular formula is C30H25Cl2N3O3S. The molecule has 1 amide bonds. The maximum absolute atomic E-state index is 12.7. The van der Waals surface area contributed by atoms with Crippen molar-refractivity contribution >= 4 is 57.2 Å². The lowest BCUT2D eigenvalue weighted by Gasteiger charge is -2.15. The number of carbonyl (C=O) groups excluding carboxylic acids is 1. The van der Waals surface area contributed by atoms with Crippen LogP contribution in [-0.2, 0) is 4.79 Å². The van der Waals surface area contributed by atoms with Crippen LogP contribution < -0.4 is 5.32 Å². The van der Waals surface area contributed by atoms with Crippen LogP contribution in [0, 0.1) is 6.92 Å². The zero-order chi connectivity index (χ0) is 30.2. The van der Waals surface area contributed by atoms with Gasteiger partial charge in [-0.2, -0.15) is 5.10 Å². The molecule has 198 valence electrons. The number of benzene rings is 3. The monoisotopic (exact) mass is 580 g/mol. The molecule has 0 saturated carbocycles. The topological polar surface area (TPSA) is 84.2 Å². The molecule has 2 N–H and O–H groups in total. The summed E-state index contributed by atoms with van der Waals surface area (Å²) >= 11 is 13.6. The lowest BCUT2D eigenvalue weighted by atomic mass is 10.0. The van der Waals surface area contributed by atoms with Crippen molar-refractivity contribution in [2.24, 2.45) is 0 Å². The Morgan fingerprint density at radius 2 is 1.74 bits per heavy atom. The second-order valence-corrected chi connectivity index (χ2v) is 11.1. The molecule has 0 radical (unpaired) electrons. The van der Waals surface area contributed by atoms with Gasteiger partial charge in [0.05, 0.1) is 28.7 Å². The number of rotatable bonds is 8. The molecule has 0 aliphatic carbocycles. The van der Waals surface area contributed by atoms with Gasteiger partial charge < -0.3 is 10.4 Å². The molecule has 3 aromatic carbocycles. The zero-order valence-electron chi connectivity index (χ0n) is 23.7. The highest BCUT2D eigenvalue weighted by atomic mass is 35.5. The number of hydrogen-bond donors (Lipinski definition) is 2. The zero-order valence-corrected chi connectivity index (χ0v) is 23.1. The van der Waals surface area contributed by atoms with Crippen LogP contribution in [0.1, 0.15) is 43.5 Å². The molecule has 0 fully saturated rings. The van der Waals surface area contributed by atoms with Crippen LogP contribution in [0.4, 0.5) is 0 Å². The summed E-state index contributed by atoms with van der Waals surface area (Å²) in [6, 6.07) is 20.8. The van der Waals surface area contributed by atoms with E-state index in [0.29, 0.717) is 31.9 Å². The van der Waals surface area contributed by atoms with E-state index < -0.39 is 24.8 Å². The van der Waals surface area contributed by atoms with Crippen LogP contribution in [0.5, 0.6) is 0 Å². The first-order valence-electron chi connectivity index (χ1n) is 13.6. The Hall–Kier alpha value is -3.65. The van der Waals surface area contributed by atoms with Gasteiger partial charge in [0.15, 0.2) is 0 Å². The second-order valence-electron chi connectivity index (χ2n) is 9.09. The Bertz CT molecular complexity index is 1800. The molecule has 0 saturated heterocycles. The minimum Gasteiger partial charge on any atom is -0.481 e. The number of halogens is 2. The highest BCUT2D eigenvalue weighted by Gasteiger charge is 2.21. The molecule has 1 unspecified atom stereocenters. The Kier molecular flexibility index (Phi) is 6.69. The first-order chi connectivity index (χ1) is 19.9. The van der Waals surface area contributed by atoms with Gasteiger partial charge >= 0.3 is 5.97 Å². The van der Waals surface area contributed by atoms with Gasteiger partial charge in [0, 0.05) is 36.7 Å². The van der Waals surface area contributed by atoms with E-state index >= 15 is 0 Å². The number of aliphatic carboxylic acids is 1. The molecule has 0 aliphatic rings. The van der Waals surface area contributed by atoms with Crippen molar-refractivity contribution in [2.45, 2.75) is 26.2 Å². The largest absolute Gasteiger partial charge is 0.481 e. The van der Waals surface area contributed by atoms with Gasteiger partial charge in [-0.15, -0.1) is 11.3 Å². The van der Waals surface area contributed by atoms with E-state index in [1.54, 1.807) is 24.3 Å². The Balaban J connectivity index is 1.64. The molecule has 0 spiro atoms. The summed E-state index contributed by atoms with van der Waals surface area (Å²) in [5, 5.41) is 19.1. The summed E-state index contributed by atoms with van der Waals surface area (Å²) in [5.74, 6) is -1.51. The highest BCUT2D eigenvalue weighted by molar-refractivity contribution is 7.14. The van der Waals surface area contributed by atoms with Gasteiger partial charge in [-0.1, -0.05) is 59.1 Å². The molecule has 0 aliphatic heterocycles. The van der Waals surface area contributed by atoms with E-state index in [0.717, 1.165) is 33.2 Å². The van der Waals surface area contributed by atoms with E-state index in [9.17, 15) is 9.59 Å². The molecule has 0 bridgehead atoms. The number of carboxylic acids is 1. The van der Waals surface area contributed by atoms with Crippen LogP contribution >= 0.6 is 34.5 Å². The van der Waals surface area contributed by atoms with Crippen molar-refractivity contribution in [2.75, 3.05) is 6.54 Å². The van der Waals surface area contributed by atoms with E-state index in [4.69, 9.17) is 37.5 Å². The first-order valence-corrected chi connectivity index (χ1v) is 13.6. The third-order valence-electron chi connectivity index (χ3n) is 6.17. The first kappa shape index (κ1) is 23.3. The molecule has 39 heavy (non-hydrogen) atoms. The van der Waals surface area contributed by atoms with Gasteiger partial charge in [0.25, 0.3) is 5.91 Å². The molecule has 2 heterocycles. The minimum absolute atomic E-state index is 0.0412. The number of aromatic nitrogens is 2. The van der Waals surface area contributed by atoms with Crippen molar-refractivity contribution in [3.63, 3.8) is 0 Å². The maximum atomic E-state index is 12.7. The summed E-state index contributed by atoms with van der Waals surface area (Å²) in [4.78, 5) is 24.1. The van der Waals surface area contributed by atoms with Crippen molar-refractivity contribution in [1.82, 2.24) is 15.1 Å². The van der Waals surface area contributed by atoms with E-state index in [2.05, 4.69) is 11.4 Å². The van der Waals surface area contributed by atoms with Crippen molar-refractivity contribution in [3.05, 3.63) is 98.2 Å². The fourth-order valence-corrected chi connectivity index (χ4v) is 5.72. The van der Waals surface area contributed by atoms with Crippen molar-refractivity contribution in [3.8, 4) is 22.5 Å². The number of aryl methyl sites for hydroxylation is 1. The number of nitrogens with one attached hydrogen (secondary N) is 1. The van der Waals surface area contributed by atoms with Gasteiger partial charge in [-0.3, -0.25) is 14.3 Å². The SMILES string of the molecule is [2H]C([2H])([2H])C(c1ccc(C(=O)NCCC(=O)O)s1)n1nc(-c2cc(Cl)cc(Cl)c2)cc1-c1ccc2cc(C)ccc2c1. The number of nitrogens with zero attached hydrogens (tertiary/aromatic N) is 2. The number of carbonyl (C=O) groups is 2. The molecule has 5 aromatic rings. The smallest absolute Gasteiger partial charge is 0.305 e. The number of carboxylic acid groups (broad SMARTS) is 1. The standard InChI is InChI=1S/C30H25Cl2N3O3S/c1-17-3-4-20-12-21(6-5-19(20)11-17)26-16-25(22-13-23(31)15-24(32)14-22)34-35(26)18(2)27-7-8-28(39-27)30(38)33-10-9-29(36)37/h3-8,11-16,18H,9-10H2,1-2H3,(H,33,38)(H,36,37)/i2D3. The van der Waals surface area contributed by atoms with Gasteiger partial charge in [0.2, 0.25) is 0 Å². The third-order valence-corrected chi connectivity index (χ3v) is 7.75. The van der Waals surface area contributed by atoms with Crippen LogP contribution in [-0.4, -0.2) is 33.3 Å². The van der Waals surface area contributed by atoms with Crippen molar-refractivity contribution in [1.29, 1.82) is 0 Å². The van der Waals surface area contributed by atoms with Crippen LogP contribution in [0.15, 0.2) is 72.8 Å². The minimum atomic E-state index is -2.54. The normalized spacial score (nSPS) is 13.5.